The van der Waals surface area contributed by atoms with E-state index in [1.54, 1.807) is 0 Å². The maximum Gasteiger partial charge on any atom is 0.346 e. The van der Waals surface area contributed by atoms with Gasteiger partial charge in [-0.15, -0.1) is 11.3 Å². The first-order valence-electron chi connectivity index (χ1n) is 5.72. The predicted octanol–water partition coefficient (Wildman–Crippen LogP) is 2.45. The van der Waals surface area contributed by atoms with Crippen molar-refractivity contribution in [2.75, 3.05) is 13.2 Å². The van der Waals surface area contributed by atoms with E-state index in [4.69, 9.17) is 14.6 Å². The highest BCUT2D eigenvalue weighted by Crippen LogP contribution is 2.24. The third-order valence-electron chi connectivity index (χ3n) is 2.72. The number of aryl methyl sites for hydroxylation is 2. The molecule has 2 heterocycles. The lowest BCUT2D eigenvalue weighted by Crippen LogP contribution is -2.07. The molecule has 94 valence electrons. The van der Waals surface area contributed by atoms with Gasteiger partial charge in [0, 0.05) is 4.88 Å². The highest BCUT2D eigenvalue weighted by atomic mass is 32.1. The predicted molar refractivity (Wildman–Crippen MR) is 64.6 cm³/mol. The summed E-state index contributed by atoms with van der Waals surface area (Å²) in [5.74, 6) is -0.832. The Hall–Kier alpha value is -0.910. The van der Waals surface area contributed by atoms with Crippen LogP contribution in [-0.2, 0) is 15.9 Å². The Morgan fingerprint density at radius 1 is 1.53 bits per heavy atom. The van der Waals surface area contributed by atoms with Gasteiger partial charge in [0.15, 0.2) is 6.29 Å². The molecule has 1 saturated heterocycles. The zero-order valence-corrected chi connectivity index (χ0v) is 10.6. The van der Waals surface area contributed by atoms with E-state index in [0.717, 1.165) is 29.7 Å². The molecule has 5 heteroatoms. The lowest BCUT2D eigenvalue weighted by molar-refractivity contribution is -0.0475. The van der Waals surface area contributed by atoms with E-state index in [-0.39, 0.29) is 6.29 Å². The van der Waals surface area contributed by atoms with Crippen LogP contribution in [0.4, 0.5) is 0 Å². The molecule has 0 unspecified atom stereocenters. The van der Waals surface area contributed by atoms with Gasteiger partial charge in [-0.3, -0.25) is 0 Å². The molecule has 0 atom stereocenters. The highest BCUT2D eigenvalue weighted by molar-refractivity contribution is 7.14. The summed E-state index contributed by atoms with van der Waals surface area (Å²) in [6.45, 7) is 3.21. The van der Waals surface area contributed by atoms with Crippen LogP contribution in [0.25, 0.3) is 0 Å². The molecule has 0 amide bonds. The van der Waals surface area contributed by atoms with Crippen LogP contribution in [-0.4, -0.2) is 30.6 Å². The van der Waals surface area contributed by atoms with Gasteiger partial charge < -0.3 is 14.6 Å². The van der Waals surface area contributed by atoms with Crippen molar-refractivity contribution >= 4 is 17.3 Å². The number of hydrogen-bond acceptors (Lipinski definition) is 4. The standard InChI is InChI=1S/C12H16O4S/c1-8-7-9(17-11(8)12(13)14)3-2-4-10-15-5-6-16-10/h7,10H,2-6H2,1H3,(H,13,14). The van der Waals surface area contributed by atoms with Crippen LogP contribution >= 0.6 is 11.3 Å². The largest absolute Gasteiger partial charge is 0.477 e. The van der Waals surface area contributed by atoms with Crippen molar-refractivity contribution in [2.45, 2.75) is 32.5 Å². The molecule has 0 spiro atoms. The fourth-order valence-corrected chi connectivity index (χ4v) is 2.95. The van der Waals surface area contributed by atoms with Crippen LogP contribution in [0, 0.1) is 6.92 Å². The van der Waals surface area contributed by atoms with Crippen LogP contribution in [0.5, 0.6) is 0 Å². The number of ether oxygens (including phenoxy) is 2. The van der Waals surface area contributed by atoms with Gasteiger partial charge in [-0.05, 0) is 37.8 Å². The van der Waals surface area contributed by atoms with Gasteiger partial charge in [0.1, 0.15) is 4.88 Å². The van der Waals surface area contributed by atoms with Crippen LogP contribution in [0.2, 0.25) is 0 Å². The Morgan fingerprint density at radius 2 is 2.24 bits per heavy atom. The highest BCUT2D eigenvalue weighted by Gasteiger charge is 2.16. The van der Waals surface area contributed by atoms with Gasteiger partial charge in [0.2, 0.25) is 0 Å². The first-order chi connectivity index (χ1) is 8.16. The van der Waals surface area contributed by atoms with Crippen LogP contribution in [0.15, 0.2) is 6.07 Å². The minimum Gasteiger partial charge on any atom is -0.477 e. The lowest BCUT2D eigenvalue weighted by atomic mass is 10.2. The van der Waals surface area contributed by atoms with Gasteiger partial charge in [0.05, 0.1) is 13.2 Å². The number of rotatable bonds is 5. The number of carboxylic acids is 1. The Morgan fingerprint density at radius 3 is 2.82 bits per heavy atom. The fraction of sp³-hybridized carbons (Fsp3) is 0.583. The number of carbonyl (C=O) groups is 1. The number of hydrogen-bond donors (Lipinski definition) is 1. The summed E-state index contributed by atoms with van der Waals surface area (Å²) in [5, 5.41) is 8.95. The van der Waals surface area contributed by atoms with Crippen molar-refractivity contribution in [1.29, 1.82) is 0 Å². The number of thiophene rings is 1. The van der Waals surface area contributed by atoms with E-state index in [0.29, 0.717) is 18.1 Å². The average Bonchev–Trinajstić information content (AvgIpc) is 2.88. The zero-order chi connectivity index (χ0) is 12.3. The molecular weight excluding hydrogens is 240 g/mol. The monoisotopic (exact) mass is 256 g/mol. The summed E-state index contributed by atoms with van der Waals surface area (Å²) < 4.78 is 10.7. The van der Waals surface area contributed by atoms with E-state index >= 15 is 0 Å². The van der Waals surface area contributed by atoms with Gasteiger partial charge in [-0.25, -0.2) is 4.79 Å². The molecule has 4 nitrogen and oxygen atoms in total. The van der Waals surface area contributed by atoms with Crippen LogP contribution < -0.4 is 0 Å². The summed E-state index contributed by atoms with van der Waals surface area (Å²) in [6.07, 6.45) is 2.67. The van der Waals surface area contributed by atoms with Crippen LogP contribution in [0.1, 0.15) is 33.0 Å². The Bertz CT molecular complexity index is 393. The molecule has 1 fully saturated rings. The van der Waals surface area contributed by atoms with E-state index in [9.17, 15) is 4.79 Å². The second-order valence-corrected chi connectivity index (χ2v) is 5.23. The molecule has 1 N–H and O–H groups in total. The van der Waals surface area contributed by atoms with Gasteiger partial charge >= 0.3 is 5.97 Å². The zero-order valence-electron chi connectivity index (χ0n) is 9.77. The molecule has 1 aromatic rings. The molecule has 0 aliphatic carbocycles. The number of aromatic carboxylic acids is 1. The van der Waals surface area contributed by atoms with Crippen LogP contribution in [0.3, 0.4) is 0 Å². The second-order valence-electron chi connectivity index (χ2n) is 4.09. The molecule has 1 aliphatic rings. The summed E-state index contributed by atoms with van der Waals surface area (Å²) in [6, 6.07) is 1.96. The average molecular weight is 256 g/mol. The lowest BCUT2D eigenvalue weighted by Gasteiger charge is -2.07. The topological polar surface area (TPSA) is 55.8 Å². The summed E-state index contributed by atoms with van der Waals surface area (Å²) in [4.78, 5) is 12.5. The van der Waals surface area contributed by atoms with E-state index in [2.05, 4.69) is 0 Å². The fourth-order valence-electron chi connectivity index (χ4n) is 1.90. The van der Waals surface area contributed by atoms with Gasteiger partial charge in [-0.2, -0.15) is 0 Å². The first-order valence-corrected chi connectivity index (χ1v) is 6.54. The van der Waals surface area contributed by atoms with Crippen molar-refractivity contribution < 1.29 is 19.4 Å². The van der Waals surface area contributed by atoms with Crippen molar-refractivity contribution in [3.05, 3.63) is 21.4 Å². The molecule has 0 saturated carbocycles. The Labute approximate surface area is 104 Å². The molecule has 0 aromatic carbocycles. The van der Waals surface area contributed by atoms with Crippen molar-refractivity contribution in [1.82, 2.24) is 0 Å². The molecule has 17 heavy (non-hydrogen) atoms. The van der Waals surface area contributed by atoms with Crippen molar-refractivity contribution in [2.24, 2.45) is 0 Å². The molecule has 0 radical (unpaired) electrons. The SMILES string of the molecule is Cc1cc(CCCC2OCCO2)sc1C(=O)O. The van der Waals surface area contributed by atoms with Gasteiger partial charge in [-0.1, -0.05) is 0 Å². The van der Waals surface area contributed by atoms with Crippen molar-refractivity contribution in [3.63, 3.8) is 0 Å². The van der Waals surface area contributed by atoms with Crippen molar-refractivity contribution in [3.8, 4) is 0 Å². The quantitative estimate of drug-likeness (QED) is 0.879. The third kappa shape index (κ3) is 3.28. The Balaban J connectivity index is 1.82. The second kappa shape index (κ2) is 5.62. The minimum absolute atomic E-state index is 0.0602. The maximum atomic E-state index is 10.9. The third-order valence-corrected chi connectivity index (χ3v) is 4.00. The maximum absolute atomic E-state index is 10.9. The summed E-state index contributed by atoms with van der Waals surface area (Å²) in [7, 11) is 0. The summed E-state index contributed by atoms with van der Waals surface area (Å²) >= 11 is 1.37. The molecular formula is C12H16O4S. The normalized spacial score (nSPS) is 16.5. The van der Waals surface area contributed by atoms with E-state index in [1.807, 2.05) is 13.0 Å². The first kappa shape index (κ1) is 12.5. The van der Waals surface area contributed by atoms with E-state index in [1.165, 1.54) is 11.3 Å². The van der Waals surface area contributed by atoms with Gasteiger partial charge in [0.25, 0.3) is 0 Å². The molecule has 1 aliphatic heterocycles. The molecule has 2 rings (SSSR count). The minimum atomic E-state index is -0.832. The Kier molecular flexibility index (Phi) is 4.15. The van der Waals surface area contributed by atoms with E-state index < -0.39 is 5.97 Å². The smallest absolute Gasteiger partial charge is 0.346 e. The molecule has 0 bridgehead atoms. The number of carboxylic acid groups (broad SMARTS) is 1. The molecule has 1 aromatic heterocycles. The summed E-state index contributed by atoms with van der Waals surface area (Å²) in [5.41, 5.74) is 0.853.